The number of carbonyl (C=O) groups excluding carboxylic acids is 1. The number of aliphatic hydroxyl groups excluding tert-OH is 1. The van der Waals surface area contributed by atoms with Crippen LogP contribution in [0.4, 0.5) is 0 Å². The Labute approximate surface area is 181 Å². The minimum atomic E-state index is -1.30. The van der Waals surface area contributed by atoms with Gasteiger partial charge in [0.2, 0.25) is 11.4 Å². The average Bonchev–Trinajstić information content (AvgIpc) is 3.20. The molecule has 1 aliphatic heterocycles. The van der Waals surface area contributed by atoms with Crippen LogP contribution in [0.15, 0.2) is 66.2 Å². The van der Waals surface area contributed by atoms with Gasteiger partial charge in [-0.15, -0.1) is 6.58 Å². The van der Waals surface area contributed by atoms with Gasteiger partial charge in [-0.25, -0.2) is 9.79 Å². The van der Waals surface area contributed by atoms with Gasteiger partial charge < -0.3 is 24.1 Å². The van der Waals surface area contributed by atoms with E-state index in [1.165, 1.54) is 7.11 Å². The highest BCUT2D eigenvalue weighted by Crippen LogP contribution is 2.43. The first-order valence-electron chi connectivity index (χ1n) is 10.0. The molecule has 1 heterocycles. The zero-order valence-corrected chi connectivity index (χ0v) is 17.7. The summed E-state index contributed by atoms with van der Waals surface area (Å²) in [6.45, 7) is 4.30. The number of methoxy groups -OCH3 is 2. The molecule has 0 fully saturated rings. The van der Waals surface area contributed by atoms with Crippen LogP contribution in [0.2, 0.25) is 0 Å². The molecule has 0 saturated carbocycles. The van der Waals surface area contributed by atoms with Crippen LogP contribution in [0.5, 0.6) is 11.5 Å². The number of esters is 1. The van der Waals surface area contributed by atoms with E-state index in [1.54, 1.807) is 25.3 Å². The molecular weight excluding hydrogens is 398 g/mol. The molecule has 0 saturated heterocycles. The Balaban J connectivity index is 1.97. The van der Waals surface area contributed by atoms with E-state index in [2.05, 4.69) is 6.58 Å². The van der Waals surface area contributed by atoms with E-state index in [4.69, 9.17) is 29.0 Å². The third-order valence-electron chi connectivity index (χ3n) is 5.03. The monoisotopic (exact) mass is 425 g/mol. The zero-order valence-electron chi connectivity index (χ0n) is 17.7. The summed E-state index contributed by atoms with van der Waals surface area (Å²) in [6.07, 6.45) is 1.73. The van der Waals surface area contributed by atoms with Crippen LogP contribution in [0.3, 0.4) is 0 Å². The van der Waals surface area contributed by atoms with Crippen LogP contribution >= 0.6 is 0 Å². The van der Waals surface area contributed by atoms with E-state index in [0.29, 0.717) is 36.0 Å². The SMILES string of the molecule is C=CC[C@@]1(C(=O)OC)N=C(c2ccc(OCCCO)cc2)O[C@@H]1c1cccc(OC)c1. The minimum absolute atomic E-state index is 0.0767. The number of hydrogen-bond donors (Lipinski definition) is 1. The van der Waals surface area contributed by atoms with Crippen LogP contribution in [0.1, 0.15) is 30.1 Å². The van der Waals surface area contributed by atoms with Crippen LogP contribution < -0.4 is 9.47 Å². The van der Waals surface area contributed by atoms with Crippen molar-refractivity contribution >= 4 is 11.9 Å². The number of ether oxygens (including phenoxy) is 4. The van der Waals surface area contributed by atoms with Crippen LogP contribution in [-0.2, 0) is 14.3 Å². The summed E-state index contributed by atoms with van der Waals surface area (Å²) in [4.78, 5) is 17.6. The quantitative estimate of drug-likeness (QED) is 0.356. The van der Waals surface area contributed by atoms with Gasteiger partial charge in [-0.1, -0.05) is 18.2 Å². The number of benzene rings is 2. The summed E-state index contributed by atoms with van der Waals surface area (Å²) in [6, 6.07) is 14.6. The van der Waals surface area contributed by atoms with Crippen molar-refractivity contribution < 1.29 is 28.8 Å². The van der Waals surface area contributed by atoms with Crippen LogP contribution in [-0.4, -0.2) is 49.9 Å². The van der Waals surface area contributed by atoms with E-state index in [0.717, 1.165) is 5.56 Å². The molecule has 0 aromatic heterocycles. The van der Waals surface area contributed by atoms with Gasteiger partial charge in [-0.05, 0) is 42.0 Å². The van der Waals surface area contributed by atoms with Crippen molar-refractivity contribution in [1.29, 1.82) is 0 Å². The predicted molar refractivity (Wildman–Crippen MR) is 117 cm³/mol. The Hall–Kier alpha value is -3.32. The lowest BCUT2D eigenvalue weighted by Crippen LogP contribution is -2.41. The highest BCUT2D eigenvalue weighted by atomic mass is 16.5. The summed E-state index contributed by atoms with van der Waals surface area (Å²) in [5.74, 6) is 1.16. The van der Waals surface area contributed by atoms with E-state index < -0.39 is 17.6 Å². The molecule has 31 heavy (non-hydrogen) atoms. The summed E-state index contributed by atoms with van der Waals surface area (Å²) in [5, 5.41) is 8.88. The number of aliphatic imine (C=N–C) groups is 1. The molecule has 0 radical (unpaired) electrons. The maximum atomic E-state index is 12.9. The minimum Gasteiger partial charge on any atom is -0.497 e. The summed E-state index contributed by atoms with van der Waals surface area (Å²) < 4.78 is 22.3. The first-order chi connectivity index (χ1) is 15.1. The largest absolute Gasteiger partial charge is 0.497 e. The van der Waals surface area contributed by atoms with E-state index in [1.807, 2.05) is 36.4 Å². The van der Waals surface area contributed by atoms with Crippen molar-refractivity contribution in [1.82, 2.24) is 0 Å². The second-order valence-corrected chi connectivity index (χ2v) is 7.05. The van der Waals surface area contributed by atoms with Gasteiger partial charge in [0.25, 0.3) is 0 Å². The first-order valence-corrected chi connectivity index (χ1v) is 10.0. The van der Waals surface area contributed by atoms with E-state index >= 15 is 0 Å². The normalized spacial score (nSPS) is 19.8. The lowest BCUT2D eigenvalue weighted by molar-refractivity contribution is -0.149. The van der Waals surface area contributed by atoms with Crippen molar-refractivity contribution in [2.45, 2.75) is 24.5 Å². The summed E-state index contributed by atoms with van der Waals surface area (Å²) >= 11 is 0. The fourth-order valence-electron chi connectivity index (χ4n) is 3.49. The Morgan fingerprint density at radius 2 is 2.00 bits per heavy atom. The molecule has 2 aromatic carbocycles. The van der Waals surface area contributed by atoms with E-state index in [9.17, 15) is 4.79 Å². The van der Waals surface area contributed by atoms with Gasteiger partial charge in [0.1, 0.15) is 11.5 Å². The molecule has 1 N–H and O–H groups in total. The van der Waals surface area contributed by atoms with E-state index in [-0.39, 0.29) is 13.0 Å². The van der Waals surface area contributed by atoms with Crippen LogP contribution in [0, 0.1) is 0 Å². The fraction of sp³-hybridized carbons (Fsp3) is 0.333. The lowest BCUT2D eigenvalue weighted by atomic mass is 9.85. The predicted octanol–water partition coefficient (Wildman–Crippen LogP) is 3.46. The van der Waals surface area contributed by atoms with Crippen molar-refractivity contribution in [2.24, 2.45) is 4.99 Å². The third-order valence-corrected chi connectivity index (χ3v) is 5.03. The molecule has 1 aliphatic rings. The Bertz CT molecular complexity index is 939. The van der Waals surface area contributed by atoms with Crippen molar-refractivity contribution in [3.05, 3.63) is 72.3 Å². The fourth-order valence-corrected chi connectivity index (χ4v) is 3.49. The first kappa shape index (κ1) is 22.4. The Kier molecular flexibility index (Phi) is 7.31. The zero-order chi connectivity index (χ0) is 22.3. The molecule has 3 rings (SSSR count). The third kappa shape index (κ3) is 4.72. The molecule has 164 valence electrons. The van der Waals surface area contributed by atoms with Gasteiger partial charge in [-0.2, -0.15) is 0 Å². The molecule has 7 heteroatoms. The average molecular weight is 425 g/mol. The van der Waals surface area contributed by atoms with Gasteiger partial charge >= 0.3 is 5.97 Å². The maximum Gasteiger partial charge on any atom is 0.338 e. The molecular formula is C24H27NO6. The standard InChI is InChI=1S/C24H27NO6/c1-4-13-24(23(27)29-3)21(18-7-5-8-20(16-18)28-2)31-22(25-24)17-9-11-19(12-10-17)30-15-6-14-26/h4-5,7-12,16,21,26H,1,6,13-15H2,2-3H3/t21-,24-/m1/s1. The number of carbonyl (C=O) groups is 1. The molecule has 0 aliphatic carbocycles. The van der Waals surface area contributed by atoms with Gasteiger partial charge in [0.15, 0.2) is 6.10 Å². The molecule has 2 atom stereocenters. The maximum absolute atomic E-state index is 12.9. The summed E-state index contributed by atoms with van der Waals surface area (Å²) in [7, 11) is 2.92. The van der Waals surface area contributed by atoms with Crippen molar-refractivity contribution in [2.75, 3.05) is 27.4 Å². The number of nitrogens with zero attached hydrogens (tertiary/aromatic N) is 1. The molecule has 2 aromatic rings. The molecule has 0 amide bonds. The Morgan fingerprint density at radius 3 is 2.65 bits per heavy atom. The topological polar surface area (TPSA) is 86.6 Å². The highest BCUT2D eigenvalue weighted by Gasteiger charge is 2.53. The van der Waals surface area contributed by atoms with Gasteiger partial charge in [0, 0.05) is 25.0 Å². The van der Waals surface area contributed by atoms with Crippen molar-refractivity contribution in [3.63, 3.8) is 0 Å². The van der Waals surface area contributed by atoms with Crippen molar-refractivity contribution in [3.8, 4) is 11.5 Å². The number of rotatable bonds is 10. The number of hydrogen-bond acceptors (Lipinski definition) is 7. The highest BCUT2D eigenvalue weighted by molar-refractivity contribution is 6.00. The molecule has 7 nitrogen and oxygen atoms in total. The van der Waals surface area contributed by atoms with Gasteiger partial charge in [0.05, 0.1) is 20.8 Å². The number of aliphatic hydroxyl groups is 1. The second kappa shape index (κ2) is 10.1. The van der Waals surface area contributed by atoms with Crippen LogP contribution in [0.25, 0.3) is 0 Å². The molecule has 0 unspecified atom stereocenters. The molecule has 0 bridgehead atoms. The second-order valence-electron chi connectivity index (χ2n) is 7.05. The lowest BCUT2D eigenvalue weighted by Gasteiger charge is -2.28. The smallest absolute Gasteiger partial charge is 0.338 e. The van der Waals surface area contributed by atoms with Gasteiger partial charge in [-0.3, -0.25) is 0 Å². The Morgan fingerprint density at radius 1 is 1.23 bits per heavy atom. The molecule has 0 spiro atoms. The summed E-state index contributed by atoms with van der Waals surface area (Å²) in [5.41, 5.74) is 0.153.